The lowest BCUT2D eigenvalue weighted by Gasteiger charge is -2.13. The Hall–Kier alpha value is 0.0900. The first-order chi connectivity index (χ1) is 3.60. The summed E-state index contributed by atoms with van der Waals surface area (Å²) in [5, 5.41) is 0. The van der Waals surface area contributed by atoms with Crippen molar-refractivity contribution < 1.29 is 9.42 Å². The van der Waals surface area contributed by atoms with Gasteiger partial charge in [0.1, 0.15) is 14.0 Å². The summed E-state index contributed by atoms with van der Waals surface area (Å²) in [5.74, 6) is 1.63. The third-order valence-corrected chi connectivity index (χ3v) is 2.15. The summed E-state index contributed by atoms with van der Waals surface area (Å²) < 4.78 is 4.98. The summed E-state index contributed by atoms with van der Waals surface area (Å²) in [4.78, 5) is 10.5. The molecule has 0 aromatic carbocycles. The van der Waals surface area contributed by atoms with E-state index in [9.17, 15) is 4.89 Å². The molecular formula is C5H9O2P. The molecule has 0 amide bonds. The average Bonchev–Trinajstić information content (AvgIpc) is 1.82. The van der Waals surface area contributed by atoms with Crippen molar-refractivity contribution >= 4 is 8.38 Å². The predicted molar refractivity (Wildman–Crippen MR) is 32.6 cm³/mol. The lowest BCUT2D eigenvalue weighted by Crippen LogP contribution is -2.15. The van der Waals surface area contributed by atoms with Gasteiger partial charge in [-0.3, -0.25) is 0 Å². The Labute approximate surface area is 50.1 Å². The van der Waals surface area contributed by atoms with Crippen molar-refractivity contribution in [2.75, 3.05) is 0 Å². The quantitative estimate of drug-likeness (QED) is 0.455. The molecule has 0 aliphatic carbocycles. The molecule has 0 aromatic rings. The fourth-order valence-corrected chi connectivity index (χ4v) is 1.79. The minimum atomic E-state index is -1.79. The zero-order valence-corrected chi connectivity index (χ0v) is 5.97. The molecule has 1 aliphatic heterocycles. The highest BCUT2D eigenvalue weighted by molar-refractivity contribution is 7.48. The van der Waals surface area contributed by atoms with Gasteiger partial charge in [-0.25, -0.2) is 4.52 Å². The maximum atomic E-state index is 10.5. The first-order valence-corrected chi connectivity index (χ1v) is 3.92. The van der Waals surface area contributed by atoms with Crippen LogP contribution in [0.1, 0.15) is 13.8 Å². The van der Waals surface area contributed by atoms with Crippen LogP contribution < -0.4 is 4.89 Å². The SMILES string of the molecule is CC1(C)C=C[PH+]([O-])O1. The van der Waals surface area contributed by atoms with Gasteiger partial charge in [0.25, 0.3) is 0 Å². The van der Waals surface area contributed by atoms with Gasteiger partial charge in [-0.1, -0.05) is 0 Å². The van der Waals surface area contributed by atoms with Crippen molar-refractivity contribution in [3.63, 3.8) is 0 Å². The molecule has 0 saturated carbocycles. The Bertz CT molecular complexity index is 120. The molecule has 1 unspecified atom stereocenters. The van der Waals surface area contributed by atoms with E-state index >= 15 is 0 Å². The van der Waals surface area contributed by atoms with Crippen molar-refractivity contribution in [3.05, 3.63) is 11.9 Å². The van der Waals surface area contributed by atoms with Crippen LogP contribution in [0, 0.1) is 0 Å². The van der Waals surface area contributed by atoms with Crippen molar-refractivity contribution in [3.8, 4) is 0 Å². The third kappa shape index (κ3) is 1.28. The highest BCUT2D eigenvalue weighted by atomic mass is 31.2. The first kappa shape index (κ1) is 6.21. The highest BCUT2D eigenvalue weighted by Gasteiger charge is 2.26. The van der Waals surface area contributed by atoms with E-state index in [1.165, 1.54) is 0 Å². The van der Waals surface area contributed by atoms with E-state index in [0.29, 0.717) is 0 Å². The lowest BCUT2D eigenvalue weighted by atomic mass is 10.1. The summed E-state index contributed by atoms with van der Waals surface area (Å²) in [6, 6.07) is 0. The highest BCUT2D eigenvalue weighted by Crippen LogP contribution is 2.41. The normalized spacial score (nSPS) is 33.6. The third-order valence-electron chi connectivity index (χ3n) is 0.984. The molecule has 1 atom stereocenters. The molecule has 46 valence electrons. The second-order valence-electron chi connectivity index (χ2n) is 2.36. The van der Waals surface area contributed by atoms with Crippen molar-refractivity contribution in [1.82, 2.24) is 0 Å². The van der Waals surface area contributed by atoms with Crippen LogP contribution in [0.4, 0.5) is 0 Å². The van der Waals surface area contributed by atoms with Crippen LogP contribution in [0.2, 0.25) is 0 Å². The Morgan fingerprint density at radius 3 is 2.38 bits per heavy atom. The van der Waals surface area contributed by atoms with Crippen LogP contribution in [0.15, 0.2) is 11.9 Å². The van der Waals surface area contributed by atoms with Gasteiger partial charge in [0, 0.05) is 0 Å². The van der Waals surface area contributed by atoms with Crippen LogP contribution in [0.25, 0.3) is 0 Å². The van der Waals surface area contributed by atoms with Gasteiger partial charge in [-0.05, 0) is 19.9 Å². The molecule has 2 nitrogen and oxygen atoms in total. The summed E-state index contributed by atoms with van der Waals surface area (Å²) in [6.07, 6.45) is 1.83. The Morgan fingerprint density at radius 1 is 1.62 bits per heavy atom. The van der Waals surface area contributed by atoms with Crippen LogP contribution in [0.3, 0.4) is 0 Å². The summed E-state index contributed by atoms with van der Waals surface area (Å²) >= 11 is 0. The molecule has 0 fully saturated rings. The molecular weight excluding hydrogens is 123 g/mol. The van der Waals surface area contributed by atoms with Crippen LogP contribution in [0.5, 0.6) is 0 Å². The molecule has 0 aromatic heterocycles. The van der Waals surface area contributed by atoms with Gasteiger partial charge in [0.2, 0.25) is 0 Å². The Balaban J connectivity index is 2.58. The Kier molecular flexibility index (Phi) is 1.40. The molecule has 0 radical (unpaired) electrons. The van der Waals surface area contributed by atoms with Gasteiger partial charge in [-0.2, -0.15) is 0 Å². The van der Waals surface area contributed by atoms with Crippen molar-refractivity contribution in [2.45, 2.75) is 19.4 Å². The van der Waals surface area contributed by atoms with E-state index < -0.39 is 8.38 Å². The molecule has 1 heterocycles. The predicted octanol–water partition coefficient (Wildman–Crippen LogP) is 0.713. The van der Waals surface area contributed by atoms with Gasteiger partial charge >= 0.3 is 0 Å². The van der Waals surface area contributed by atoms with E-state index in [0.717, 1.165) is 0 Å². The summed E-state index contributed by atoms with van der Waals surface area (Å²) in [6.45, 7) is 3.78. The zero-order chi connectivity index (χ0) is 6.20. The smallest absolute Gasteiger partial charge is 0.127 e. The molecule has 1 aliphatic rings. The lowest BCUT2D eigenvalue weighted by molar-refractivity contribution is -0.180. The van der Waals surface area contributed by atoms with Crippen molar-refractivity contribution in [1.29, 1.82) is 0 Å². The first-order valence-electron chi connectivity index (χ1n) is 2.52. The number of rotatable bonds is 0. The minimum absolute atomic E-state index is 0.282. The molecule has 0 saturated heterocycles. The zero-order valence-electron chi connectivity index (χ0n) is 4.97. The van der Waals surface area contributed by atoms with E-state index in [-0.39, 0.29) is 5.60 Å². The molecule has 0 bridgehead atoms. The van der Waals surface area contributed by atoms with Gasteiger partial charge in [0.15, 0.2) is 0 Å². The minimum Gasteiger partial charge on any atom is -0.654 e. The van der Waals surface area contributed by atoms with Gasteiger partial charge < -0.3 is 4.89 Å². The van der Waals surface area contributed by atoms with E-state index in [2.05, 4.69) is 0 Å². The second kappa shape index (κ2) is 1.80. The maximum absolute atomic E-state index is 10.5. The van der Waals surface area contributed by atoms with Crippen molar-refractivity contribution in [2.24, 2.45) is 0 Å². The molecule has 8 heavy (non-hydrogen) atoms. The summed E-state index contributed by atoms with van der Waals surface area (Å²) in [5.41, 5.74) is -0.282. The van der Waals surface area contributed by atoms with E-state index in [1.54, 1.807) is 5.82 Å². The largest absolute Gasteiger partial charge is 0.654 e. The molecule has 0 N–H and O–H groups in total. The molecule has 3 heteroatoms. The average molecular weight is 132 g/mol. The topological polar surface area (TPSA) is 32.3 Å². The maximum Gasteiger partial charge on any atom is 0.127 e. The molecule has 1 rings (SSSR count). The fraction of sp³-hybridized carbons (Fsp3) is 0.600. The monoisotopic (exact) mass is 132 g/mol. The Morgan fingerprint density at radius 2 is 2.25 bits per heavy atom. The second-order valence-corrected chi connectivity index (χ2v) is 3.53. The van der Waals surface area contributed by atoms with Crippen LogP contribution in [-0.4, -0.2) is 5.60 Å². The van der Waals surface area contributed by atoms with Crippen LogP contribution >= 0.6 is 8.38 Å². The number of hydrogen-bond acceptors (Lipinski definition) is 2. The van der Waals surface area contributed by atoms with E-state index in [4.69, 9.17) is 4.52 Å². The fourth-order valence-electron chi connectivity index (χ4n) is 0.596. The van der Waals surface area contributed by atoms with E-state index in [1.807, 2.05) is 19.9 Å². The van der Waals surface area contributed by atoms with Gasteiger partial charge in [-0.15, -0.1) is 0 Å². The standard InChI is InChI=1S/C5H9O2P/c1-5(2)3-4-8(6)7-5/h3-4,8H,1-2H3. The molecule has 0 spiro atoms. The summed E-state index contributed by atoms with van der Waals surface area (Å²) in [7, 11) is -1.79. The number of hydrogen-bond donors (Lipinski definition) is 0. The van der Waals surface area contributed by atoms with Gasteiger partial charge in [0.05, 0.1) is 5.82 Å². The van der Waals surface area contributed by atoms with Crippen LogP contribution in [-0.2, 0) is 4.52 Å².